The molecule has 28 heavy (non-hydrogen) atoms. The quantitative estimate of drug-likeness (QED) is 0.738. The molecule has 0 radical (unpaired) electrons. The fourth-order valence-corrected chi connectivity index (χ4v) is 4.15. The van der Waals surface area contributed by atoms with Gasteiger partial charge in [0.25, 0.3) is 10.0 Å². The van der Waals surface area contributed by atoms with Crippen molar-refractivity contribution in [3.8, 4) is 0 Å². The van der Waals surface area contributed by atoms with Crippen molar-refractivity contribution in [3.63, 3.8) is 0 Å². The number of urea groups is 1. The molecule has 1 atom stereocenters. The molecule has 0 saturated heterocycles. The number of carboxylic acids is 1. The molecular formula is C20H24N2O5S. The summed E-state index contributed by atoms with van der Waals surface area (Å²) < 4.78 is 27.4. The summed E-state index contributed by atoms with van der Waals surface area (Å²) in [4.78, 5) is 25.7. The van der Waals surface area contributed by atoms with Crippen LogP contribution in [0.1, 0.15) is 25.0 Å². The molecule has 7 nitrogen and oxygen atoms in total. The molecule has 0 bridgehead atoms. The average Bonchev–Trinajstić information content (AvgIpc) is 2.61. The standard InChI is InChI=1S/C20H24N2O5S/c1-14(2)18(19(23)24)22(13-16-10-5-4-6-11-16)20(25)21-28(26,27)17-12-8-7-9-15(17)3/h4-12,14,18H,13H2,1-3H3,(H,21,25)(H,23,24)/t18-/m0/s1. The summed E-state index contributed by atoms with van der Waals surface area (Å²) in [5.41, 5.74) is 1.17. The van der Waals surface area contributed by atoms with Crippen LogP contribution in [0.15, 0.2) is 59.5 Å². The minimum absolute atomic E-state index is 0.0283. The minimum atomic E-state index is -4.15. The number of rotatable bonds is 7. The van der Waals surface area contributed by atoms with E-state index in [4.69, 9.17) is 0 Å². The first-order valence-corrected chi connectivity index (χ1v) is 10.3. The second kappa shape index (κ2) is 8.88. The van der Waals surface area contributed by atoms with Crippen molar-refractivity contribution in [1.29, 1.82) is 0 Å². The van der Waals surface area contributed by atoms with Crippen molar-refractivity contribution < 1.29 is 23.1 Å². The molecule has 0 saturated carbocycles. The van der Waals surface area contributed by atoms with Crippen molar-refractivity contribution >= 4 is 22.0 Å². The highest BCUT2D eigenvalue weighted by molar-refractivity contribution is 7.90. The van der Waals surface area contributed by atoms with Gasteiger partial charge in [0.15, 0.2) is 0 Å². The lowest BCUT2D eigenvalue weighted by Gasteiger charge is -2.31. The van der Waals surface area contributed by atoms with Gasteiger partial charge < -0.3 is 10.0 Å². The molecule has 0 aromatic heterocycles. The maximum Gasteiger partial charge on any atom is 0.332 e. The Hall–Kier alpha value is -2.87. The third kappa shape index (κ3) is 5.10. The third-order valence-electron chi connectivity index (χ3n) is 4.28. The summed E-state index contributed by atoms with van der Waals surface area (Å²) in [6.45, 7) is 4.92. The molecule has 0 heterocycles. The van der Waals surface area contributed by atoms with Gasteiger partial charge in [-0.25, -0.2) is 22.7 Å². The summed E-state index contributed by atoms with van der Waals surface area (Å²) in [6, 6.07) is 12.9. The van der Waals surface area contributed by atoms with Crippen LogP contribution >= 0.6 is 0 Å². The summed E-state index contributed by atoms with van der Waals surface area (Å²) in [7, 11) is -4.15. The molecule has 0 fully saturated rings. The molecule has 2 amide bonds. The van der Waals surface area contributed by atoms with Gasteiger partial charge in [-0.2, -0.15) is 0 Å². The molecule has 150 valence electrons. The fraction of sp³-hybridized carbons (Fsp3) is 0.300. The van der Waals surface area contributed by atoms with Gasteiger partial charge in [-0.3, -0.25) is 0 Å². The van der Waals surface area contributed by atoms with E-state index in [-0.39, 0.29) is 11.4 Å². The van der Waals surface area contributed by atoms with Gasteiger partial charge in [-0.05, 0) is 30.0 Å². The number of carbonyl (C=O) groups is 2. The van der Waals surface area contributed by atoms with E-state index in [0.29, 0.717) is 11.1 Å². The zero-order valence-electron chi connectivity index (χ0n) is 16.0. The predicted octanol–water partition coefficient (Wildman–Crippen LogP) is 3.00. The van der Waals surface area contributed by atoms with E-state index in [1.54, 1.807) is 69.3 Å². The van der Waals surface area contributed by atoms with Crippen LogP contribution < -0.4 is 4.72 Å². The number of carboxylic acid groups (broad SMARTS) is 1. The molecule has 0 aliphatic rings. The Labute approximate surface area is 165 Å². The maximum absolute atomic E-state index is 12.9. The molecule has 0 unspecified atom stereocenters. The van der Waals surface area contributed by atoms with Crippen LogP contribution in [0.25, 0.3) is 0 Å². The number of benzene rings is 2. The minimum Gasteiger partial charge on any atom is -0.480 e. The topological polar surface area (TPSA) is 104 Å². The van der Waals surface area contributed by atoms with E-state index in [0.717, 1.165) is 4.90 Å². The van der Waals surface area contributed by atoms with Crippen LogP contribution in [0.5, 0.6) is 0 Å². The predicted molar refractivity (Wildman–Crippen MR) is 105 cm³/mol. The van der Waals surface area contributed by atoms with E-state index < -0.39 is 34.0 Å². The fourth-order valence-electron chi connectivity index (χ4n) is 2.94. The monoisotopic (exact) mass is 404 g/mol. The molecule has 0 aliphatic heterocycles. The van der Waals surface area contributed by atoms with Crippen molar-refractivity contribution in [2.45, 2.75) is 38.3 Å². The Morgan fingerprint density at radius 1 is 1.04 bits per heavy atom. The molecule has 2 rings (SSSR count). The highest BCUT2D eigenvalue weighted by Crippen LogP contribution is 2.18. The number of aryl methyl sites for hydroxylation is 1. The van der Waals surface area contributed by atoms with E-state index in [9.17, 15) is 23.1 Å². The molecule has 8 heteroatoms. The van der Waals surface area contributed by atoms with Crippen LogP contribution in [0.3, 0.4) is 0 Å². The lowest BCUT2D eigenvalue weighted by Crippen LogP contribution is -2.52. The average molecular weight is 404 g/mol. The van der Waals surface area contributed by atoms with Crippen molar-refractivity contribution in [1.82, 2.24) is 9.62 Å². The summed E-state index contributed by atoms with van der Waals surface area (Å²) in [5.74, 6) is -1.62. The number of amides is 2. The molecule has 2 aromatic rings. The van der Waals surface area contributed by atoms with Gasteiger partial charge in [-0.1, -0.05) is 62.4 Å². The van der Waals surface area contributed by atoms with Gasteiger partial charge >= 0.3 is 12.0 Å². The molecular weight excluding hydrogens is 380 g/mol. The third-order valence-corrected chi connectivity index (χ3v) is 5.76. The van der Waals surface area contributed by atoms with Gasteiger partial charge in [-0.15, -0.1) is 0 Å². The normalized spacial score (nSPS) is 12.4. The number of hydrogen-bond donors (Lipinski definition) is 2. The first-order chi connectivity index (χ1) is 13.1. The van der Waals surface area contributed by atoms with Gasteiger partial charge in [0.05, 0.1) is 4.90 Å². The van der Waals surface area contributed by atoms with Crippen LogP contribution in [-0.4, -0.2) is 36.5 Å². The van der Waals surface area contributed by atoms with E-state index >= 15 is 0 Å². The molecule has 0 aliphatic carbocycles. The zero-order valence-corrected chi connectivity index (χ0v) is 16.8. The molecule has 2 aromatic carbocycles. The number of nitrogens with zero attached hydrogens (tertiary/aromatic N) is 1. The van der Waals surface area contributed by atoms with Crippen LogP contribution in [0.2, 0.25) is 0 Å². The Morgan fingerprint density at radius 3 is 2.14 bits per heavy atom. The Bertz CT molecular complexity index is 942. The van der Waals surface area contributed by atoms with Crippen molar-refractivity contribution in [2.75, 3.05) is 0 Å². The van der Waals surface area contributed by atoms with Gasteiger partial charge in [0, 0.05) is 6.54 Å². The molecule has 2 N–H and O–H groups in total. The number of sulfonamides is 1. The lowest BCUT2D eigenvalue weighted by molar-refractivity contribution is -0.144. The smallest absolute Gasteiger partial charge is 0.332 e. The molecule has 0 spiro atoms. The summed E-state index contributed by atoms with van der Waals surface area (Å²) in [6.07, 6.45) is 0. The Kier molecular flexibility index (Phi) is 6.80. The first-order valence-electron chi connectivity index (χ1n) is 8.79. The largest absolute Gasteiger partial charge is 0.480 e. The number of hydrogen-bond acceptors (Lipinski definition) is 4. The van der Waals surface area contributed by atoms with E-state index in [1.165, 1.54) is 6.07 Å². The second-order valence-electron chi connectivity index (χ2n) is 6.82. The van der Waals surface area contributed by atoms with Crippen LogP contribution in [-0.2, 0) is 21.4 Å². The SMILES string of the molecule is Cc1ccccc1S(=O)(=O)NC(=O)N(Cc1ccccc1)[C@H](C(=O)O)C(C)C. The van der Waals surface area contributed by atoms with E-state index in [1.807, 2.05) is 4.72 Å². The maximum atomic E-state index is 12.9. The Morgan fingerprint density at radius 2 is 1.61 bits per heavy atom. The number of nitrogens with one attached hydrogen (secondary N) is 1. The first kappa shape index (κ1) is 21.4. The summed E-state index contributed by atoms with van der Waals surface area (Å²) in [5, 5.41) is 9.63. The van der Waals surface area contributed by atoms with Gasteiger partial charge in [0.2, 0.25) is 0 Å². The van der Waals surface area contributed by atoms with Crippen LogP contribution in [0, 0.1) is 12.8 Å². The van der Waals surface area contributed by atoms with Crippen molar-refractivity contribution in [3.05, 3.63) is 65.7 Å². The zero-order chi connectivity index (χ0) is 20.9. The number of carbonyl (C=O) groups excluding carboxylic acids is 1. The van der Waals surface area contributed by atoms with Crippen LogP contribution in [0.4, 0.5) is 4.79 Å². The Balaban J connectivity index is 2.38. The summed E-state index contributed by atoms with van der Waals surface area (Å²) >= 11 is 0. The highest BCUT2D eigenvalue weighted by atomic mass is 32.2. The lowest BCUT2D eigenvalue weighted by atomic mass is 10.0. The number of aliphatic carboxylic acids is 1. The van der Waals surface area contributed by atoms with Crippen molar-refractivity contribution in [2.24, 2.45) is 5.92 Å². The highest BCUT2D eigenvalue weighted by Gasteiger charge is 2.34. The van der Waals surface area contributed by atoms with Gasteiger partial charge in [0.1, 0.15) is 6.04 Å². The second-order valence-corrected chi connectivity index (χ2v) is 8.47. The van der Waals surface area contributed by atoms with E-state index in [2.05, 4.69) is 0 Å².